The lowest BCUT2D eigenvalue weighted by Crippen LogP contribution is -2.34. The second kappa shape index (κ2) is 11.1. The van der Waals surface area contributed by atoms with Gasteiger partial charge in [0.15, 0.2) is 0 Å². The molecule has 0 unspecified atom stereocenters. The molecule has 1 aromatic rings. The number of rotatable bonds is 12. The maximum Gasteiger partial charge on any atom is 0.407 e. The van der Waals surface area contributed by atoms with Crippen molar-refractivity contribution in [3.05, 3.63) is 23.0 Å². The molecular formula is C24H38F2N4O4. The molecule has 1 aliphatic carbocycles. The number of hydrogen-bond acceptors (Lipinski definition) is 5. The van der Waals surface area contributed by atoms with Gasteiger partial charge in [0.1, 0.15) is 6.54 Å². The Labute approximate surface area is 200 Å². The molecule has 2 aliphatic rings. The Morgan fingerprint density at radius 1 is 1.21 bits per heavy atom. The third-order valence-electron chi connectivity index (χ3n) is 6.75. The summed E-state index contributed by atoms with van der Waals surface area (Å²) in [6.07, 6.45) is 3.26. The van der Waals surface area contributed by atoms with Crippen LogP contribution < -0.4 is 0 Å². The van der Waals surface area contributed by atoms with Crippen LogP contribution in [0.4, 0.5) is 13.6 Å². The number of carbonyl (C=O) groups is 1. The van der Waals surface area contributed by atoms with Gasteiger partial charge in [0.25, 0.3) is 5.92 Å². The van der Waals surface area contributed by atoms with E-state index in [4.69, 9.17) is 14.6 Å². The Morgan fingerprint density at radius 3 is 2.44 bits per heavy atom. The maximum atomic E-state index is 14.2. The molecule has 34 heavy (non-hydrogen) atoms. The van der Waals surface area contributed by atoms with Crippen LogP contribution in [-0.2, 0) is 29.0 Å². The lowest BCUT2D eigenvalue weighted by Gasteiger charge is -2.36. The summed E-state index contributed by atoms with van der Waals surface area (Å²) < 4.78 is 41.4. The number of alkyl halides is 2. The first-order valence-electron chi connectivity index (χ1n) is 12.0. The minimum absolute atomic E-state index is 0.103. The van der Waals surface area contributed by atoms with E-state index < -0.39 is 18.6 Å². The fourth-order valence-corrected chi connectivity index (χ4v) is 4.73. The molecule has 1 aromatic heterocycles. The number of ether oxygens (including phenoxy) is 2. The quantitative estimate of drug-likeness (QED) is 0.487. The molecule has 0 aromatic carbocycles. The molecule has 0 saturated carbocycles. The van der Waals surface area contributed by atoms with E-state index in [9.17, 15) is 13.6 Å². The smallest absolute Gasteiger partial charge is 0.407 e. The normalized spacial score (nSPS) is 18.7. The summed E-state index contributed by atoms with van der Waals surface area (Å²) >= 11 is 0. The first kappa shape index (κ1) is 26.6. The molecular weight excluding hydrogens is 446 g/mol. The summed E-state index contributed by atoms with van der Waals surface area (Å²) in [7, 11) is 3.42. The Kier molecular flexibility index (Phi) is 8.70. The molecule has 3 rings (SSSR count). The lowest BCUT2D eigenvalue weighted by molar-refractivity contribution is -0.0210. The van der Waals surface area contributed by atoms with Gasteiger partial charge in [-0.3, -0.25) is 9.58 Å². The topological polar surface area (TPSA) is 80.1 Å². The van der Waals surface area contributed by atoms with Crippen LogP contribution in [0.3, 0.4) is 0 Å². The second-order valence-corrected chi connectivity index (χ2v) is 9.61. The molecule has 1 aliphatic heterocycles. The predicted molar refractivity (Wildman–Crippen MR) is 125 cm³/mol. The van der Waals surface area contributed by atoms with Crippen LogP contribution in [0.5, 0.6) is 0 Å². The number of amides is 1. The first-order valence-corrected chi connectivity index (χ1v) is 12.0. The van der Waals surface area contributed by atoms with Crippen LogP contribution in [0.2, 0.25) is 0 Å². The highest BCUT2D eigenvalue weighted by Crippen LogP contribution is 2.43. The Hall–Kier alpha value is -2.04. The first-order chi connectivity index (χ1) is 16.1. The summed E-state index contributed by atoms with van der Waals surface area (Å²) in [5.74, 6) is -2.78. The van der Waals surface area contributed by atoms with Gasteiger partial charge in [-0.25, -0.2) is 13.6 Å². The third-order valence-corrected chi connectivity index (χ3v) is 6.75. The van der Waals surface area contributed by atoms with E-state index in [-0.39, 0.29) is 11.8 Å². The van der Waals surface area contributed by atoms with Crippen LogP contribution in [0.15, 0.2) is 6.08 Å². The zero-order valence-electron chi connectivity index (χ0n) is 20.8. The van der Waals surface area contributed by atoms with Crippen molar-refractivity contribution in [1.29, 1.82) is 0 Å². The van der Waals surface area contributed by atoms with Crippen LogP contribution >= 0.6 is 0 Å². The highest BCUT2D eigenvalue weighted by Gasteiger charge is 2.42. The van der Waals surface area contributed by atoms with Crippen molar-refractivity contribution in [3.8, 4) is 0 Å². The second-order valence-electron chi connectivity index (χ2n) is 9.61. The molecule has 8 nitrogen and oxygen atoms in total. The Morgan fingerprint density at radius 2 is 1.88 bits per heavy atom. The molecule has 0 bridgehead atoms. The van der Waals surface area contributed by atoms with Crippen molar-refractivity contribution in [2.75, 3.05) is 53.6 Å². The highest BCUT2D eigenvalue weighted by molar-refractivity contribution is 5.71. The largest absolute Gasteiger partial charge is 0.465 e. The van der Waals surface area contributed by atoms with E-state index >= 15 is 0 Å². The number of likely N-dealkylation sites (N-methyl/N-ethyl adjacent to an activating group) is 2. The maximum absolute atomic E-state index is 14.2. The van der Waals surface area contributed by atoms with E-state index in [0.29, 0.717) is 51.8 Å². The Bertz CT molecular complexity index is 879. The molecule has 0 atom stereocenters. The highest BCUT2D eigenvalue weighted by atomic mass is 19.3. The molecule has 0 saturated heterocycles. The summed E-state index contributed by atoms with van der Waals surface area (Å²) in [5.41, 5.74) is 3.18. The number of hydrogen-bond donors (Lipinski definition) is 1. The van der Waals surface area contributed by atoms with Gasteiger partial charge in [-0.1, -0.05) is 6.08 Å². The van der Waals surface area contributed by atoms with E-state index in [2.05, 4.69) is 11.2 Å². The van der Waals surface area contributed by atoms with E-state index in [1.165, 1.54) is 16.6 Å². The van der Waals surface area contributed by atoms with Crippen LogP contribution in [-0.4, -0.2) is 90.3 Å². The predicted octanol–water partition coefficient (Wildman–Crippen LogP) is 3.74. The molecule has 1 amide bonds. The number of aromatic nitrogens is 2. The van der Waals surface area contributed by atoms with Crippen LogP contribution in [0.25, 0.3) is 5.57 Å². The van der Waals surface area contributed by atoms with Gasteiger partial charge in [0.05, 0.1) is 31.0 Å². The SMILES string of the molecule is CCOCC1(COCC)CC=C(c2c(CN(C)CCN(C)C(=O)O)nn3c2CC(F)(F)C3)CC1. The molecule has 2 heterocycles. The number of carboxylic acid groups (broad SMARTS) is 1. The standard InChI is InChI=1S/C24H38F2N4O4/c1-5-33-16-23(17-34-6-2)9-7-18(8-10-23)21-19(14-28(3)11-12-29(4)22(31)32)27-30-15-24(25,26)13-20(21)30/h7H,5-6,8-17H2,1-4H3,(H,31,32). The van der Waals surface area contributed by atoms with Gasteiger partial charge in [-0.2, -0.15) is 5.10 Å². The Balaban J connectivity index is 1.82. The van der Waals surface area contributed by atoms with E-state index in [1.807, 2.05) is 25.8 Å². The van der Waals surface area contributed by atoms with Gasteiger partial charge in [-0.05, 0) is 45.7 Å². The molecule has 10 heteroatoms. The zero-order valence-corrected chi connectivity index (χ0v) is 20.8. The van der Waals surface area contributed by atoms with Crippen molar-refractivity contribution < 1.29 is 28.2 Å². The molecule has 0 spiro atoms. The van der Waals surface area contributed by atoms with Gasteiger partial charge >= 0.3 is 6.09 Å². The average Bonchev–Trinajstić information content (AvgIpc) is 3.25. The summed E-state index contributed by atoms with van der Waals surface area (Å²) in [4.78, 5) is 14.3. The number of halogens is 2. The van der Waals surface area contributed by atoms with Crippen molar-refractivity contribution in [3.63, 3.8) is 0 Å². The fraction of sp³-hybridized carbons (Fsp3) is 0.750. The summed E-state index contributed by atoms with van der Waals surface area (Å²) in [6, 6.07) is 0. The number of fused-ring (bicyclic) bond motifs is 1. The lowest BCUT2D eigenvalue weighted by atomic mass is 9.74. The molecule has 0 radical (unpaired) electrons. The van der Waals surface area contributed by atoms with Crippen molar-refractivity contribution in [1.82, 2.24) is 19.6 Å². The minimum Gasteiger partial charge on any atom is -0.465 e. The molecule has 192 valence electrons. The van der Waals surface area contributed by atoms with E-state index in [1.54, 1.807) is 0 Å². The van der Waals surface area contributed by atoms with Crippen molar-refractivity contribution in [2.24, 2.45) is 5.41 Å². The van der Waals surface area contributed by atoms with Gasteiger partial charge < -0.3 is 19.5 Å². The molecule has 0 fully saturated rings. The minimum atomic E-state index is -2.78. The molecule has 1 N–H and O–H groups in total. The van der Waals surface area contributed by atoms with Gasteiger partial charge in [0, 0.05) is 50.9 Å². The van der Waals surface area contributed by atoms with Gasteiger partial charge in [0.2, 0.25) is 0 Å². The van der Waals surface area contributed by atoms with Crippen molar-refractivity contribution in [2.45, 2.75) is 58.5 Å². The third kappa shape index (κ3) is 6.34. The fourth-order valence-electron chi connectivity index (χ4n) is 4.73. The van der Waals surface area contributed by atoms with Gasteiger partial charge in [-0.15, -0.1) is 0 Å². The average molecular weight is 485 g/mol. The number of nitrogens with zero attached hydrogens (tertiary/aromatic N) is 4. The summed E-state index contributed by atoms with van der Waals surface area (Å²) in [5, 5.41) is 13.6. The van der Waals surface area contributed by atoms with E-state index in [0.717, 1.165) is 36.1 Å². The summed E-state index contributed by atoms with van der Waals surface area (Å²) in [6.45, 7) is 7.42. The van der Waals surface area contributed by atoms with Crippen LogP contribution in [0.1, 0.15) is 50.1 Å². The number of allylic oxidation sites excluding steroid dienone is 2. The van der Waals surface area contributed by atoms with Crippen molar-refractivity contribution >= 4 is 11.7 Å². The zero-order chi connectivity index (χ0) is 24.9. The van der Waals surface area contributed by atoms with Crippen LogP contribution in [0, 0.1) is 5.41 Å². The monoisotopic (exact) mass is 484 g/mol.